The third kappa shape index (κ3) is 2.56. The molecular weight excluding hydrogens is 286 g/mol. The van der Waals surface area contributed by atoms with Gasteiger partial charge in [-0.25, -0.2) is 4.98 Å². The Morgan fingerprint density at radius 3 is 2.71 bits per heavy atom. The minimum Gasteiger partial charge on any atom is -0.361 e. The molecule has 0 aliphatic rings. The van der Waals surface area contributed by atoms with E-state index >= 15 is 0 Å². The van der Waals surface area contributed by atoms with Gasteiger partial charge in [-0.2, -0.15) is 0 Å². The standard InChI is InChI=1S/C16H18ClN3O/c1-10-4-5-15-14(8-10)18-16(6-7-17)20(15)9-13-11(2)19-21-12(13)3/h4-5,8H,6-7,9H2,1-3H3. The first-order valence-corrected chi connectivity index (χ1v) is 7.57. The summed E-state index contributed by atoms with van der Waals surface area (Å²) in [5.41, 5.74) is 5.40. The molecule has 0 aliphatic carbocycles. The van der Waals surface area contributed by atoms with Crippen LogP contribution in [0.2, 0.25) is 0 Å². The molecule has 3 aromatic rings. The lowest BCUT2D eigenvalue weighted by Crippen LogP contribution is -2.07. The van der Waals surface area contributed by atoms with Crippen molar-refractivity contribution >= 4 is 22.6 Å². The Morgan fingerprint density at radius 2 is 2.05 bits per heavy atom. The van der Waals surface area contributed by atoms with Gasteiger partial charge in [0.25, 0.3) is 0 Å². The van der Waals surface area contributed by atoms with E-state index in [1.54, 1.807) is 0 Å². The summed E-state index contributed by atoms with van der Waals surface area (Å²) >= 11 is 5.93. The fourth-order valence-corrected chi connectivity index (χ4v) is 2.80. The quantitative estimate of drug-likeness (QED) is 0.689. The highest BCUT2D eigenvalue weighted by Crippen LogP contribution is 2.22. The van der Waals surface area contributed by atoms with E-state index < -0.39 is 0 Å². The van der Waals surface area contributed by atoms with Crippen molar-refractivity contribution < 1.29 is 4.52 Å². The molecule has 0 aliphatic heterocycles. The van der Waals surface area contributed by atoms with Gasteiger partial charge in [0.1, 0.15) is 11.6 Å². The maximum absolute atomic E-state index is 5.93. The minimum absolute atomic E-state index is 0.559. The average Bonchev–Trinajstić information content (AvgIpc) is 2.94. The monoisotopic (exact) mass is 303 g/mol. The van der Waals surface area contributed by atoms with Crippen LogP contribution in [0.15, 0.2) is 22.7 Å². The van der Waals surface area contributed by atoms with E-state index in [2.05, 4.69) is 34.8 Å². The lowest BCUT2D eigenvalue weighted by atomic mass is 10.2. The number of fused-ring (bicyclic) bond motifs is 1. The molecule has 0 atom stereocenters. The Kier molecular flexibility index (Phi) is 3.72. The third-order valence-electron chi connectivity index (χ3n) is 3.80. The molecule has 1 aromatic carbocycles. The van der Waals surface area contributed by atoms with Crippen LogP contribution in [-0.2, 0) is 13.0 Å². The van der Waals surface area contributed by atoms with Gasteiger partial charge in [-0.3, -0.25) is 0 Å². The van der Waals surface area contributed by atoms with Gasteiger partial charge in [0.05, 0.1) is 23.3 Å². The fourth-order valence-electron chi connectivity index (χ4n) is 2.63. The van der Waals surface area contributed by atoms with E-state index in [-0.39, 0.29) is 0 Å². The first-order valence-electron chi connectivity index (χ1n) is 7.03. The van der Waals surface area contributed by atoms with Gasteiger partial charge >= 0.3 is 0 Å². The van der Waals surface area contributed by atoms with Crippen LogP contribution < -0.4 is 0 Å². The Bertz CT molecular complexity index is 769. The SMILES string of the molecule is Cc1ccc2c(c1)nc(CCCl)n2Cc1c(C)noc1C. The highest BCUT2D eigenvalue weighted by Gasteiger charge is 2.15. The van der Waals surface area contributed by atoms with Gasteiger partial charge < -0.3 is 9.09 Å². The lowest BCUT2D eigenvalue weighted by Gasteiger charge is -2.08. The summed E-state index contributed by atoms with van der Waals surface area (Å²) in [4.78, 5) is 4.73. The van der Waals surface area contributed by atoms with E-state index in [4.69, 9.17) is 21.1 Å². The van der Waals surface area contributed by atoms with E-state index in [9.17, 15) is 0 Å². The number of benzene rings is 1. The average molecular weight is 304 g/mol. The Morgan fingerprint density at radius 1 is 1.24 bits per heavy atom. The van der Waals surface area contributed by atoms with Crippen LogP contribution in [0.1, 0.15) is 28.4 Å². The molecule has 3 rings (SSSR count). The molecule has 5 heteroatoms. The zero-order valence-electron chi connectivity index (χ0n) is 12.5. The second kappa shape index (κ2) is 5.53. The molecule has 2 heterocycles. The summed E-state index contributed by atoms with van der Waals surface area (Å²) in [5.74, 6) is 2.42. The number of alkyl halides is 1. The number of hydrogen-bond donors (Lipinski definition) is 0. The van der Waals surface area contributed by atoms with Gasteiger partial charge in [-0.15, -0.1) is 11.6 Å². The van der Waals surface area contributed by atoms with E-state index in [0.29, 0.717) is 12.4 Å². The first kappa shape index (κ1) is 14.1. The zero-order chi connectivity index (χ0) is 15.0. The summed E-state index contributed by atoms with van der Waals surface area (Å²) in [5, 5.41) is 4.03. The Hall–Kier alpha value is -1.81. The molecule has 0 saturated carbocycles. The molecule has 4 nitrogen and oxygen atoms in total. The number of hydrogen-bond acceptors (Lipinski definition) is 3. The van der Waals surface area contributed by atoms with Gasteiger partial charge in [-0.05, 0) is 38.5 Å². The van der Waals surface area contributed by atoms with Crippen LogP contribution in [0, 0.1) is 20.8 Å². The van der Waals surface area contributed by atoms with Crippen LogP contribution in [0.3, 0.4) is 0 Å². The molecule has 0 bridgehead atoms. The van der Waals surface area contributed by atoms with Crippen LogP contribution in [0.5, 0.6) is 0 Å². The largest absolute Gasteiger partial charge is 0.361 e. The second-order valence-corrected chi connectivity index (χ2v) is 5.73. The predicted octanol–water partition coefficient (Wildman–Crippen LogP) is 3.78. The predicted molar refractivity (Wildman–Crippen MR) is 84.0 cm³/mol. The maximum atomic E-state index is 5.93. The van der Waals surface area contributed by atoms with Crippen molar-refractivity contribution in [1.82, 2.24) is 14.7 Å². The minimum atomic E-state index is 0.559. The van der Waals surface area contributed by atoms with Gasteiger partial charge in [0.15, 0.2) is 0 Å². The molecule has 0 fully saturated rings. The second-order valence-electron chi connectivity index (χ2n) is 5.35. The van der Waals surface area contributed by atoms with Crippen molar-refractivity contribution in [1.29, 1.82) is 0 Å². The topological polar surface area (TPSA) is 43.9 Å². The molecule has 0 spiro atoms. The number of aromatic nitrogens is 3. The molecule has 0 saturated heterocycles. The van der Waals surface area contributed by atoms with Crippen molar-refractivity contribution in [2.75, 3.05) is 5.88 Å². The molecule has 0 N–H and O–H groups in total. The Balaban J connectivity index is 2.13. The normalized spacial score (nSPS) is 11.4. The number of aryl methyl sites for hydroxylation is 4. The first-order chi connectivity index (χ1) is 10.1. The molecule has 110 valence electrons. The highest BCUT2D eigenvalue weighted by molar-refractivity contribution is 6.17. The van der Waals surface area contributed by atoms with Gasteiger partial charge in [-0.1, -0.05) is 11.2 Å². The van der Waals surface area contributed by atoms with E-state index in [1.165, 1.54) is 5.56 Å². The number of nitrogens with zero attached hydrogens (tertiary/aromatic N) is 3. The van der Waals surface area contributed by atoms with Crippen molar-refractivity contribution in [3.63, 3.8) is 0 Å². The van der Waals surface area contributed by atoms with Gasteiger partial charge in [0.2, 0.25) is 0 Å². The van der Waals surface area contributed by atoms with Crippen molar-refractivity contribution in [3.8, 4) is 0 Å². The van der Waals surface area contributed by atoms with Crippen LogP contribution >= 0.6 is 11.6 Å². The van der Waals surface area contributed by atoms with E-state index in [0.717, 1.165) is 40.3 Å². The zero-order valence-corrected chi connectivity index (χ0v) is 13.2. The third-order valence-corrected chi connectivity index (χ3v) is 3.99. The van der Waals surface area contributed by atoms with Gasteiger partial charge in [0, 0.05) is 17.9 Å². The van der Waals surface area contributed by atoms with Crippen LogP contribution in [0.4, 0.5) is 0 Å². The van der Waals surface area contributed by atoms with E-state index in [1.807, 2.05) is 13.8 Å². The Labute approximate surface area is 128 Å². The maximum Gasteiger partial charge on any atom is 0.138 e. The molecule has 0 unspecified atom stereocenters. The number of imidazole rings is 1. The van der Waals surface area contributed by atoms with Crippen molar-refractivity contribution in [3.05, 3.63) is 46.6 Å². The highest BCUT2D eigenvalue weighted by atomic mass is 35.5. The number of halogens is 1. The fraction of sp³-hybridized carbons (Fsp3) is 0.375. The van der Waals surface area contributed by atoms with Crippen LogP contribution in [-0.4, -0.2) is 20.6 Å². The molecule has 2 aromatic heterocycles. The molecule has 0 radical (unpaired) electrons. The van der Waals surface area contributed by atoms with Crippen molar-refractivity contribution in [2.45, 2.75) is 33.7 Å². The summed E-state index contributed by atoms with van der Waals surface area (Å²) in [7, 11) is 0. The smallest absolute Gasteiger partial charge is 0.138 e. The van der Waals surface area contributed by atoms with Crippen molar-refractivity contribution in [2.24, 2.45) is 0 Å². The molecular formula is C16H18ClN3O. The summed E-state index contributed by atoms with van der Waals surface area (Å²) in [6.07, 6.45) is 0.749. The summed E-state index contributed by atoms with van der Waals surface area (Å²) in [6, 6.07) is 6.34. The molecule has 21 heavy (non-hydrogen) atoms. The molecule has 0 amide bonds. The summed E-state index contributed by atoms with van der Waals surface area (Å²) < 4.78 is 7.48. The summed E-state index contributed by atoms with van der Waals surface area (Å²) in [6.45, 7) is 6.71. The lowest BCUT2D eigenvalue weighted by molar-refractivity contribution is 0.392. The van der Waals surface area contributed by atoms with Crippen LogP contribution in [0.25, 0.3) is 11.0 Å². The number of rotatable bonds is 4.